The van der Waals surface area contributed by atoms with Gasteiger partial charge in [0, 0.05) is 12.5 Å². The quantitative estimate of drug-likeness (QED) is 0.423. The predicted octanol–water partition coefficient (Wildman–Crippen LogP) is 5.07. The molecular formula is C24H32FNO3. The Hall–Kier alpha value is -2.40. The lowest BCUT2D eigenvalue weighted by molar-refractivity contribution is -0.109. The van der Waals surface area contributed by atoms with Crippen LogP contribution < -0.4 is 10.1 Å². The van der Waals surface area contributed by atoms with E-state index in [4.69, 9.17) is 9.47 Å². The molecule has 0 aliphatic rings. The molecule has 1 amide bonds. The molecule has 0 saturated heterocycles. The molecule has 2 atom stereocenters. The topological polar surface area (TPSA) is 47.6 Å². The van der Waals surface area contributed by atoms with Crippen LogP contribution in [-0.2, 0) is 9.53 Å². The van der Waals surface area contributed by atoms with Gasteiger partial charge >= 0.3 is 0 Å². The molecule has 0 aliphatic carbocycles. The summed E-state index contributed by atoms with van der Waals surface area (Å²) in [7, 11) is 0. The summed E-state index contributed by atoms with van der Waals surface area (Å²) in [5, 5.41) is 2.68. The smallest absolute Gasteiger partial charge is 0.207 e. The van der Waals surface area contributed by atoms with Crippen molar-refractivity contribution in [2.75, 3.05) is 13.2 Å². The molecule has 0 heterocycles. The highest BCUT2D eigenvalue weighted by molar-refractivity contribution is 5.45. The molecule has 0 bridgehead atoms. The fourth-order valence-corrected chi connectivity index (χ4v) is 3.15. The fraction of sp³-hybridized carbons (Fsp3) is 0.458. The van der Waals surface area contributed by atoms with Gasteiger partial charge in [-0.2, -0.15) is 0 Å². The minimum Gasteiger partial charge on any atom is -0.491 e. The molecule has 5 heteroatoms. The Bertz CT molecular complexity index is 738. The number of hydrogen-bond acceptors (Lipinski definition) is 3. The van der Waals surface area contributed by atoms with Gasteiger partial charge < -0.3 is 14.8 Å². The highest BCUT2D eigenvalue weighted by Gasteiger charge is 2.19. The molecule has 0 spiro atoms. The molecule has 2 unspecified atom stereocenters. The zero-order valence-corrected chi connectivity index (χ0v) is 17.8. The van der Waals surface area contributed by atoms with Crippen LogP contribution in [0.5, 0.6) is 5.75 Å². The van der Waals surface area contributed by atoms with Gasteiger partial charge in [-0.05, 0) is 69.0 Å². The number of nitrogens with one attached hydrogen (secondary N) is 1. The van der Waals surface area contributed by atoms with Crippen molar-refractivity contribution in [2.45, 2.75) is 58.2 Å². The lowest BCUT2D eigenvalue weighted by Gasteiger charge is -2.27. The van der Waals surface area contributed by atoms with E-state index in [1.807, 2.05) is 57.2 Å². The third-order valence-corrected chi connectivity index (χ3v) is 4.64. The highest BCUT2D eigenvalue weighted by atomic mass is 19.1. The van der Waals surface area contributed by atoms with Crippen molar-refractivity contribution in [3.8, 4) is 5.75 Å². The number of amides is 1. The summed E-state index contributed by atoms with van der Waals surface area (Å²) in [5.41, 5.74) is 1.95. The van der Waals surface area contributed by atoms with Crippen LogP contribution in [0.4, 0.5) is 4.39 Å². The van der Waals surface area contributed by atoms with E-state index in [0.29, 0.717) is 19.6 Å². The van der Waals surface area contributed by atoms with E-state index in [2.05, 4.69) is 12.2 Å². The molecular weight excluding hydrogens is 369 g/mol. The zero-order valence-electron chi connectivity index (χ0n) is 17.8. The maximum atomic E-state index is 13.1. The van der Waals surface area contributed by atoms with Crippen LogP contribution in [0.3, 0.4) is 0 Å². The zero-order chi connectivity index (χ0) is 21.3. The van der Waals surface area contributed by atoms with Crippen LogP contribution in [0.1, 0.15) is 57.6 Å². The summed E-state index contributed by atoms with van der Waals surface area (Å²) in [6, 6.07) is 14.6. The number of carbonyl (C=O) groups is 1. The van der Waals surface area contributed by atoms with Crippen LogP contribution >= 0.6 is 0 Å². The van der Waals surface area contributed by atoms with Crippen molar-refractivity contribution in [1.82, 2.24) is 5.32 Å². The number of ether oxygens (including phenoxy) is 2. The van der Waals surface area contributed by atoms with Crippen molar-refractivity contribution in [1.29, 1.82) is 0 Å². The van der Waals surface area contributed by atoms with Crippen LogP contribution in [0.15, 0.2) is 48.5 Å². The summed E-state index contributed by atoms with van der Waals surface area (Å²) >= 11 is 0. The molecule has 158 valence electrons. The second-order valence-corrected chi connectivity index (χ2v) is 8.22. The summed E-state index contributed by atoms with van der Waals surface area (Å²) in [6.45, 7) is 9.25. The Balaban J connectivity index is 1.93. The number of halogens is 1. The summed E-state index contributed by atoms with van der Waals surface area (Å²) < 4.78 is 25.2. The summed E-state index contributed by atoms with van der Waals surface area (Å²) in [5.74, 6) is 0.735. The van der Waals surface area contributed by atoms with Crippen LogP contribution in [0, 0.1) is 5.82 Å². The van der Waals surface area contributed by atoms with Crippen molar-refractivity contribution < 1.29 is 18.7 Å². The molecule has 0 aliphatic heterocycles. The third-order valence-electron chi connectivity index (χ3n) is 4.64. The first-order valence-corrected chi connectivity index (χ1v) is 10.1. The molecule has 29 heavy (non-hydrogen) atoms. The Morgan fingerprint density at radius 1 is 1.03 bits per heavy atom. The monoisotopic (exact) mass is 401 g/mol. The van der Waals surface area contributed by atoms with Gasteiger partial charge in [-0.25, -0.2) is 4.39 Å². The van der Waals surface area contributed by atoms with Crippen molar-refractivity contribution in [3.63, 3.8) is 0 Å². The molecule has 2 rings (SSSR count). The molecule has 2 aromatic carbocycles. The van der Waals surface area contributed by atoms with E-state index < -0.39 is 0 Å². The van der Waals surface area contributed by atoms with Gasteiger partial charge in [-0.1, -0.05) is 31.2 Å². The molecule has 0 radical (unpaired) electrons. The third kappa shape index (κ3) is 8.24. The van der Waals surface area contributed by atoms with Crippen LogP contribution in [0.25, 0.3) is 0 Å². The normalized spacial score (nSPS) is 13.6. The maximum absolute atomic E-state index is 13.1. The Morgan fingerprint density at radius 2 is 1.62 bits per heavy atom. The fourth-order valence-electron chi connectivity index (χ4n) is 3.15. The van der Waals surface area contributed by atoms with E-state index in [1.165, 1.54) is 12.1 Å². The average molecular weight is 402 g/mol. The van der Waals surface area contributed by atoms with Gasteiger partial charge in [-0.3, -0.25) is 4.79 Å². The summed E-state index contributed by atoms with van der Waals surface area (Å²) in [4.78, 5) is 10.4. The molecule has 2 aromatic rings. The Kier molecular flexibility index (Phi) is 8.65. The second kappa shape index (κ2) is 11.0. The Labute approximate surface area is 173 Å². The Morgan fingerprint density at radius 3 is 2.17 bits per heavy atom. The molecule has 1 N–H and O–H groups in total. The van der Waals surface area contributed by atoms with Gasteiger partial charge in [0.2, 0.25) is 6.41 Å². The van der Waals surface area contributed by atoms with Gasteiger partial charge in [0.15, 0.2) is 0 Å². The first-order valence-electron chi connectivity index (χ1n) is 10.1. The van der Waals surface area contributed by atoms with E-state index in [9.17, 15) is 9.18 Å². The van der Waals surface area contributed by atoms with Gasteiger partial charge in [0.25, 0.3) is 0 Å². The minimum atomic E-state index is -0.263. The summed E-state index contributed by atoms with van der Waals surface area (Å²) in [6.07, 6.45) is 2.29. The van der Waals surface area contributed by atoms with E-state index in [1.54, 1.807) is 0 Å². The van der Waals surface area contributed by atoms with Crippen LogP contribution in [-0.4, -0.2) is 31.3 Å². The molecule has 4 nitrogen and oxygen atoms in total. The first kappa shape index (κ1) is 22.9. The van der Waals surface area contributed by atoms with Gasteiger partial charge in [-0.15, -0.1) is 0 Å². The van der Waals surface area contributed by atoms with E-state index in [0.717, 1.165) is 29.7 Å². The average Bonchev–Trinajstić information content (AvgIpc) is 2.68. The SMILES string of the molecule is CC(c1ccc(F)cc1)c1ccc(OCC(CCCNC=O)OC(C)(C)C)cc1. The van der Waals surface area contributed by atoms with Crippen molar-refractivity contribution in [3.05, 3.63) is 65.5 Å². The largest absolute Gasteiger partial charge is 0.491 e. The van der Waals surface area contributed by atoms with E-state index >= 15 is 0 Å². The number of rotatable bonds is 11. The molecule has 0 aromatic heterocycles. The predicted molar refractivity (Wildman–Crippen MR) is 114 cm³/mol. The number of carbonyl (C=O) groups excluding carboxylic acids is 1. The van der Waals surface area contributed by atoms with Crippen molar-refractivity contribution >= 4 is 6.41 Å². The van der Waals surface area contributed by atoms with Gasteiger partial charge in [0.05, 0.1) is 11.7 Å². The second-order valence-electron chi connectivity index (χ2n) is 8.22. The lowest BCUT2D eigenvalue weighted by atomic mass is 9.93. The minimum absolute atomic E-state index is 0.0544. The van der Waals surface area contributed by atoms with Crippen LogP contribution in [0.2, 0.25) is 0 Å². The molecule has 0 fully saturated rings. The van der Waals surface area contributed by atoms with E-state index in [-0.39, 0.29) is 23.4 Å². The first-order chi connectivity index (χ1) is 13.8. The number of hydrogen-bond donors (Lipinski definition) is 1. The maximum Gasteiger partial charge on any atom is 0.207 e. The van der Waals surface area contributed by atoms with Gasteiger partial charge in [0.1, 0.15) is 18.2 Å². The molecule has 0 saturated carbocycles. The number of benzene rings is 2. The standard InChI is InChI=1S/C24H32FNO3/c1-18(19-7-11-21(25)12-8-19)20-9-13-22(14-10-20)28-16-23(29-24(2,3)4)6-5-15-26-17-27/h7-14,17-18,23H,5-6,15-16H2,1-4H3,(H,26,27). The van der Waals surface area contributed by atoms with Crippen molar-refractivity contribution in [2.24, 2.45) is 0 Å². The lowest BCUT2D eigenvalue weighted by Crippen LogP contribution is -2.32. The highest BCUT2D eigenvalue weighted by Crippen LogP contribution is 2.26.